The summed E-state index contributed by atoms with van der Waals surface area (Å²) in [6, 6.07) is 5.94. The molecule has 0 fully saturated rings. The molecule has 19 heavy (non-hydrogen) atoms. The average molecular weight is 264 g/mol. The van der Waals surface area contributed by atoms with Crippen LogP contribution in [-0.2, 0) is 9.59 Å². The Morgan fingerprint density at radius 3 is 2.42 bits per heavy atom. The van der Waals surface area contributed by atoms with Gasteiger partial charge in [0.2, 0.25) is 0 Å². The number of rotatable bonds is 7. The first-order valence-corrected chi connectivity index (χ1v) is 5.82. The molecule has 1 rings (SSSR count). The molecule has 102 valence electrons. The Labute approximate surface area is 110 Å². The number of carboxylic acids is 1. The van der Waals surface area contributed by atoms with Crippen LogP contribution in [0.5, 0.6) is 0 Å². The number of nitrogens with one attached hydrogen (secondary N) is 2. The maximum atomic E-state index is 11.8. The van der Waals surface area contributed by atoms with Gasteiger partial charge in [0.1, 0.15) is 6.29 Å². The van der Waals surface area contributed by atoms with Gasteiger partial charge in [0, 0.05) is 24.7 Å². The number of carbonyl (C=O) groups is 3. The zero-order valence-electron chi connectivity index (χ0n) is 10.6. The van der Waals surface area contributed by atoms with Crippen LogP contribution in [0, 0.1) is 0 Å². The van der Waals surface area contributed by atoms with Gasteiger partial charge in [-0.3, -0.25) is 9.59 Å². The Kier molecular flexibility index (Phi) is 5.53. The molecule has 0 aliphatic carbocycles. The van der Waals surface area contributed by atoms with Gasteiger partial charge >= 0.3 is 5.97 Å². The maximum Gasteiger partial charge on any atom is 0.303 e. The molecule has 6 nitrogen and oxygen atoms in total. The Hall–Kier alpha value is -2.37. The smallest absolute Gasteiger partial charge is 0.303 e. The summed E-state index contributed by atoms with van der Waals surface area (Å²) < 4.78 is 0. The zero-order chi connectivity index (χ0) is 14.3. The van der Waals surface area contributed by atoms with E-state index in [4.69, 9.17) is 5.11 Å². The number of carboxylic acid groups (broad SMARTS) is 1. The lowest BCUT2D eigenvalue weighted by Crippen LogP contribution is -2.36. The third kappa shape index (κ3) is 4.79. The fraction of sp³-hybridized carbons (Fsp3) is 0.308. The molecule has 1 atom stereocenters. The summed E-state index contributed by atoms with van der Waals surface area (Å²) in [7, 11) is 1.77. The number of carbonyl (C=O) groups excluding carboxylic acids is 2. The predicted molar refractivity (Wildman–Crippen MR) is 70.2 cm³/mol. The second kappa shape index (κ2) is 7.15. The standard InChI is InChI=1S/C13H16N2O4/c1-14-10-4-2-9(3-5-10)13(19)15-11(8-16)6-7-12(17)18/h2-5,8,11,14H,6-7H2,1H3,(H,15,19)(H,17,18)/t11-/m0/s1. The maximum absolute atomic E-state index is 11.8. The monoisotopic (exact) mass is 264 g/mol. The van der Waals surface area contributed by atoms with Crippen molar-refractivity contribution in [3.63, 3.8) is 0 Å². The van der Waals surface area contributed by atoms with Crippen LogP contribution in [0.25, 0.3) is 0 Å². The van der Waals surface area contributed by atoms with Crippen LogP contribution in [0.15, 0.2) is 24.3 Å². The summed E-state index contributed by atoms with van der Waals surface area (Å²) in [6.07, 6.45) is 0.463. The van der Waals surface area contributed by atoms with E-state index < -0.39 is 17.9 Å². The predicted octanol–water partition coefficient (Wildman–Crippen LogP) is 0.890. The second-order valence-electron chi connectivity index (χ2n) is 3.98. The van der Waals surface area contributed by atoms with Crippen LogP contribution < -0.4 is 10.6 Å². The fourth-order valence-electron chi connectivity index (χ4n) is 1.49. The molecule has 3 N–H and O–H groups in total. The van der Waals surface area contributed by atoms with E-state index in [9.17, 15) is 14.4 Å². The largest absolute Gasteiger partial charge is 0.481 e. The molecular formula is C13H16N2O4. The SMILES string of the molecule is CNc1ccc(C(=O)N[C@H](C=O)CCC(=O)O)cc1. The van der Waals surface area contributed by atoms with Crippen molar-refractivity contribution in [1.82, 2.24) is 5.32 Å². The van der Waals surface area contributed by atoms with Crippen molar-refractivity contribution in [1.29, 1.82) is 0 Å². The lowest BCUT2D eigenvalue weighted by atomic mass is 10.1. The van der Waals surface area contributed by atoms with E-state index in [2.05, 4.69) is 10.6 Å². The number of hydrogen-bond donors (Lipinski definition) is 3. The number of hydrogen-bond acceptors (Lipinski definition) is 4. The minimum absolute atomic E-state index is 0.0825. The molecule has 0 heterocycles. The second-order valence-corrected chi connectivity index (χ2v) is 3.98. The van der Waals surface area contributed by atoms with E-state index in [0.717, 1.165) is 5.69 Å². The number of anilines is 1. The molecule has 0 aliphatic rings. The zero-order valence-corrected chi connectivity index (χ0v) is 10.6. The minimum atomic E-state index is -1.00. The van der Waals surface area contributed by atoms with Crippen molar-refractivity contribution in [2.24, 2.45) is 0 Å². The first-order chi connectivity index (χ1) is 9.06. The fourth-order valence-corrected chi connectivity index (χ4v) is 1.49. The van der Waals surface area contributed by atoms with Gasteiger partial charge in [-0.1, -0.05) is 0 Å². The van der Waals surface area contributed by atoms with Crippen LogP contribution in [0.4, 0.5) is 5.69 Å². The summed E-state index contributed by atoms with van der Waals surface area (Å²) in [5.41, 5.74) is 1.29. The molecule has 0 saturated heterocycles. The Morgan fingerprint density at radius 1 is 1.32 bits per heavy atom. The Morgan fingerprint density at radius 2 is 1.95 bits per heavy atom. The van der Waals surface area contributed by atoms with E-state index in [1.165, 1.54) is 0 Å². The van der Waals surface area contributed by atoms with Crippen LogP contribution in [0.2, 0.25) is 0 Å². The van der Waals surface area contributed by atoms with Crippen molar-refractivity contribution in [3.05, 3.63) is 29.8 Å². The van der Waals surface area contributed by atoms with Crippen LogP contribution >= 0.6 is 0 Å². The Balaban J connectivity index is 2.60. The molecule has 1 aromatic rings. The highest BCUT2D eigenvalue weighted by molar-refractivity contribution is 5.96. The molecule has 0 radical (unpaired) electrons. The minimum Gasteiger partial charge on any atom is -0.481 e. The van der Waals surface area contributed by atoms with Gasteiger partial charge in [0.25, 0.3) is 5.91 Å². The van der Waals surface area contributed by atoms with Gasteiger partial charge in [-0.15, -0.1) is 0 Å². The van der Waals surface area contributed by atoms with Gasteiger partial charge in [-0.2, -0.15) is 0 Å². The molecule has 1 aromatic carbocycles. The first-order valence-electron chi connectivity index (χ1n) is 5.82. The van der Waals surface area contributed by atoms with Gasteiger partial charge in [0.05, 0.1) is 6.04 Å². The normalized spacial score (nSPS) is 11.4. The van der Waals surface area contributed by atoms with Crippen LogP contribution in [0.3, 0.4) is 0 Å². The average Bonchev–Trinajstić information content (AvgIpc) is 2.43. The lowest BCUT2D eigenvalue weighted by molar-refractivity contribution is -0.137. The molecule has 1 amide bonds. The van der Waals surface area contributed by atoms with Crippen molar-refractivity contribution in [2.45, 2.75) is 18.9 Å². The topological polar surface area (TPSA) is 95.5 Å². The highest BCUT2D eigenvalue weighted by Gasteiger charge is 2.14. The quantitative estimate of drug-likeness (QED) is 0.636. The van der Waals surface area contributed by atoms with Gasteiger partial charge in [-0.25, -0.2) is 0 Å². The summed E-state index contributed by atoms with van der Waals surface area (Å²) >= 11 is 0. The molecule has 0 aromatic heterocycles. The lowest BCUT2D eigenvalue weighted by Gasteiger charge is -2.11. The van der Waals surface area contributed by atoms with Crippen molar-refractivity contribution < 1.29 is 19.5 Å². The van der Waals surface area contributed by atoms with Gasteiger partial charge in [0.15, 0.2) is 0 Å². The molecule has 6 heteroatoms. The molecule has 0 unspecified atom stereocenters. The van der Waals surface area contributed by atoms with E-state index in [1.807, 2.05) is 0 Å². The Bertz CT molecular complexity index is 456. The summed E-state index contributed by atoms with van der Waals surface area (Å²) in [6.45, 7) is 0. The van der Waals surface area contributed by atoms with Crippen molar-refractivity contribution >= 4 is 23.9 Å². The van der Waals surface area contributed by atoms with Gasteiger partial charge < -0.3 is 20.5 Å². The summed E-state index contributed by atoms with van der Waals surface area (Å²) in [5.74, 6) is -1.40. The third-order valence-corrected chi connectivity index (χ3v) is 2.59. The molecule has 0 spiro atoms. The molecule has 0 bridgehead atoms. The molecule has 0 saturated carbocycles. The van der Waals surface area contributed by atoms with Crippen LogP contribution in [-0.4, -0.2) is 36.4 Å². The molecular weight excluding hydrogens is 248 g/mol. The molecule has 0 aliphatic heterocycles. The summed E-state index contributed by atoms with van der Waals surface area (Å²) in [4.78, 5) is 33.0. The number of benzene rings is 1. The van der Waals surface area contributed by atoms with Gasteiger partial charge in [-0.05, 0) is 30.7 Å². The first kappa shape index (κ1) is 14.7. The number of aliphatic carboxylic acids is 1. The highest BCUT2D eigenvalue weighted by atomic mass is 16.4. The van der Waals surface area contributed by atoms with Crippen molar-refractivity contribution in [2.75, 3.05) is 12.4 Å². The highest BCUT2D eigenvalue weighted by Crippen LogP contribution is 2.08. The summed E-state index contributed by atoms with van der Waals surface area (Å²) in [5, 5.41) is 13.9. The third-order valence-electron chi connectivity index (χ3n) is 2.59. The van der Waals surface area contributed by atoms with E-state index in [-0.39, 0.29) is 12.8 Å². The van der Waals surface area contributed by atoms with E-state index in [0.29, 0.717) is 11.8 Å². The van der Waals surface area contributed by atoms with E-state index in [1.54, 1.807) is 31.3 Å². The van der Waals surface area contributed by atoms with E-state index >= 15 is 0 Å². The number of amides is 1. The number of aldehydes is 1. The van der Waals surface area contributed by atoms with Crippen molar-refractivity contribution in [3.8, 4) is 0 Å². The van der Waals surface area contributed by atoms with Crippen LogP contribution in [0.1, 0.15) is 23.2 Å².